The van der Waals surface area contributed by atoms with E-state index in [1.807, 2.05) is 0 Å². The molecule has 0 aliphatic carbocycles. The predicted octanol–water partition coefficient (Wildman–Crippen LogP) is 0.0850. The molecular weight excluding hydrogens is 190 g/mol. The van der Waals surface area contributed by atoms with Gasteiger partial charge in [0.15, 0.2) is 0 Å². The van der Waals surface area contributed by atoms with Gasteiger partial charge in [0.25, 0.3) is 5.91 Å². The Morgan fingerprint density at radius 2 is 2.15 bits per heavy atom. The van der Waals surface area contributed by atoms with Crippen LogP contribution in [0.4, 0.5) is 0 Å². The van der Waals surface area contributed by atoms with Gasteiger partial charge in [0.2, 0.25) is 0 Å². The van der Waals surface area contributed by atoms with Crippen molar-refractivity contribution in [2.75, 3.05) is 26.5 Å². The van der Waals surface area contributed by atoms with Gasteiger partial charge in [-0.25, -0.2) is 0 Å². The van der Waals surface area contributed by atoms with Crippen LogP contribution >= 0.6 is 0 Å². The Hall–Kier alpha value is -0.840. The Labute approximate surface area is 80.0 Å². The molecule has 1 unspecified atom stereocenters. The molecule has 0 fully saturated rings. The van der Waals surface area contributed by atoms with E-state index in [1.54, 1.807) is 21.0 Å². The van der Waals surface area contributed by atoms with Crippen molar-refractivity contribution in [1.29, 1.82) is 0 Å². The fourth-order valence-corrected chi connectivity index (χ4v) is 2.25. The number of hydrogen-bond donors (Lipinski definition) is 0. The van der Waals surface area contributed by atoms with Gasteiger partial charge in [-0.05, 0) is 6.92 Å². The lowest BCUT2D eigenvalue weighted by Gasteiger charge is -2.20. The molecule has 13 heavy (non-hydrogen) atoms. The number of nitrogens with zero attached hydrogens (tertiary/aromatic N) is 1. The van der Waals surface area contributed by atoms with Crippen LogP contribution in [0.3, 0.4) is 0 Å². The summed E-state index contributed by atoms with van der Waals surface area (Å²) in [7, 11) is 2.07. The van der Waals surface area contributed by atoms with Gasteiger partial charge in [0, 0.05) is 14.1 Å². The van der Waals surface area contributed by atoms with Crippen molar-refractivity contribution < 1.29 is 13.7 Å². The van der Waals surface area contributed by atoms with Crippen molar-refractivity contribution in [2.24, 2.45) is 0 Å². The summed E-state index contributed by atoms with van der Waals surface area (Å²) in [6, 6.07) is 0. The van der Waals surface area contributed by atoms with E-state index in [0.717, 1.165) is 0 Å². The van der Waals surface area contributed by atoms with Crippen molar-refractivity contribution >= 4 is 16.7 Å². The van der Waals surface area contributed by atoms with E-state index in [-0.39, 0.29) is 5.91 Å². The van der Waals surface area contributed by atoms with Crippen LogP contribution in [0.15, 0.2) is 10.7 Å². The zero-order chi connectivity index (χ0) is 10.0. The third-order valence-electron chi connectivity index (χ3n) is 1.74. The van der Waals surface area contributed by atoms with E-state index < -0.39 is 10.8 Å². The quantitative estimate of drug-likeness (QED) is 0.606. The van der Waals surface area contributed by atoms with Crippen LogP contribution in [0.5, 0.6) is 0 Å². The highest BCUT2D eigenvalue weighted by atomic mass is 32.2. The van der Waals surface area contributed by atoms with Crippen LogP contribution in [0.25, 0.3) is 0 Å². The van der Waals surface area contributed by atoms with Gasteiger partial charge in [0.05, 0.1) is 23.2 Å². The number of allylic oxidation sites excluding steroid dienone is 1. The minimum Gasteiger partial charge on any atom is -0.496 e. The van der Waals surface area contributed by atoms with E-state index in [0.29, 0.717) is 23.0 Å². The van der Waals surface area contributed by atoms with Crippen LogP contribution in [0, 0.1) is 0 Å². The minimum atomic E-state index is -1.20. The Balaban J connectivity index is 2.98. The SMILES string of the molecule is CC1=C(C(=O)N(C)C)S(=O)CCO1. The third-order valence-corrected chi connectivity index (χ3v) is 3.19. The molecule has 0 saturated carbocycles. The van der Waals surface area contributed by atoms with Gasteiger partial charge in [-0.3, -0.25) is 9.00 Å². The monoisotopic (exact) mass is 203 g/mol. The molecule has 1 aliphatic rings. The second-order valence-corrected chi connectivity index (χ2v) is 4.49. The van der Waals surface area contributed by atoms with E-state index >= 15 is 0 Å². The lowest BCUT2D eigenvalue weighted by atomic mass is 10.4. The minimum absolute atomic E-state index is 0.226. The van der Waals surface area contributed by atoms with E-state index in [1.165, 1.54) is 4.90 Å². The first-order valence-corrected chi connectivity index (χ1v) is 5.29. The Kier molecular flexibility index (Phi) is 3.08. The molecule has 5 heteroatoms. The highest BCUT2D eigenvalue weighted by molar-refractivity contribution is 7.90. The van der Waals surface area contributed by atoms with Gasteiger partial charge in [-0.2, -0.15) is 0 Å². The standard InChI is InChI=1S/C8H13NO3S/c1-6-7(8(10)9(2)3)13(11)5-4-12-6/h4-5H2,1-3H3. The number of likely N-dealkylation sites (N-methyl/N-ethyl adjacent to an activating group) is 1. The molecule has 74 valence electrons. The first-order valence-electron chi connectivity index (χ1n) is 3.97. The third kappa shape index (κ3) is 2.09. The summed E-state index contributed by atoms with van der Waals surface area (Å²) >= 11 is 0. The predicted molar refractivity (Wildman–Crippen MR) is 50.4 cm³/mol. The fourth-order valence-electron chi connectivity index (χ4n) is 1.05. The molecule has 0 saturated heterocycles. The molecule has 0 aromatic rings. The highest BCUT2D eigenvalue weighted by Gasteiger charge is 2.25. The average molecular weight is 203 g/mol. The summed E-state index contributed by atoms with van der Waals surface area (Å²) in [4.78, 5) is 13.2. The molecule has 4 nitrogen and oxygen atoms in total. The van der Waals surface area contributed by atoms with Gasteiger partial charge < -0.3 is 9.64 Å². The van der Waals surface area contributed by atoms with Gasteiger partial charge in [-0.15, -0.1) is 0 Å². The summed E-state index contributed by atoms with van der Waals surface area (Å²) in [5.41, 5.74) is 0. The maximum atomic E-state index is 11.5. The average Bonchev–Trinajstić information content (AvgIpc) is 2.03. The van der Waals surface area contributed by atoms with Crippen molar-refractivity contribution in [3.05, 3.63) is 10.7 Å². The van der Waals surface area contributed by atoms with Crippen LogP contribution < -0.4 is 0 Å². The van der Waals surface area contributed by atoms with Gasteiger partial charge in [-0.1, -0.05) is 0 Å². The summed E-state index contributed by atoms with van der Waals surface area (Å²) in [5.74, 6) is 0.672. The summed E-state index contributed by atoms with van der Waals surface area (Å²) in [6.45, 7) is 2.11. The van der Waals surface area contributed by atoms with Crippen molar-refractivity contribution in [3.63, 3.8) is 0 Å². The molecule has 1 heterocycles. The van der Waals surface area contributed by atoms with Crippen molar-refractivity contribution in [1.82, 2.24) is 4.90 Å². The molecule has 0 N–H and O–H groups in total. The van der Waals surface area contributed by atoms with Crippen LogP contribution in [-0.2, 0) is 20.3 Å². The maximum absolute atomic E-state index is 11.5. The zero-order valence-electron chi connectivity index (χ0n) is 7.99. The number of rotatable bonds is 1. The molecule has 0 bridgehead atoms. The number of ether oxygens (including phenoxy) is 1. The van der Waals surface area contributed by atoms with E-state index in [2.05, 4.69) is 0 Å². The largest absolute Gasteiger partial charge is 0.496 e. The molecule has 1 atom stereocenters. The second-order valence-electron chi connectivity index (χ2n) is 2.98. The van der Waals surface area contributed by atoms with Crippen LogP contribution in [-0.4, -0.2) is 41.5 Å². The zero-order valence-corrected chi connectivity index (χ0v) is 8.81. The number of carbonyl (C=O) groups excluding carboxylic acids is 1. The fraction of sp³-hybridized carbons (Fsp3) is 0.625. The molecular formula is C8H13NO3S. The number of hydrogen-bond acceptors (Lipinski definition) is 3. The smallest absolute Gasteiger partial charge is 0.265 e. The summed E-state index contributed by atoms with van der Waals surface area (Å²) < 4.78 is 16.6. The van der Waals surface area contributed by atoms with Crippen LogP contribution in [0.1, 0.15) is 6.92 Å². The number of carbonyl (C=O) groups is 1. The molecule has 0 spiro atoms. The van der Waals surface area contributed by atoms with Gasteiger partial charge in [0.1, 0.15) is 10.7 Å². The van der Waals surface area contributed by atoms with E-state index in [9.17, 15) is 9.00 Å². The summed E-state index contributed by atoms with van der Waals surface area (Å²) in [5, 5.41) is 0. The van der Waals surface area contributed by atoms with Crippen molar-refractivity contribution in [2.45, 2.75) is 6.92 Å². The Morgan fingerprint density at radius 1 is 1.54 bits per heavy atom. The van der Waals surface area contributed by atoms with Gasteiger partial charge >= 0.3 is 0 Å². The summed E-state index contributed by atoms with van der Waals surface area (Å²) in [6.07, 6.45) is 0. The molecule has 1 rings (SSSR count). The second kappa shape index (κ2) is 3.91. The highest BCUT2D eigenvalue weighted by Crippen LogP contribution is 2.17. The van der Waals surface area contributed by atoms with Crippen LogP contribution in [0.2, 0.25) is 0 Å². The Bertz CT molecular complexity index is 283. The Morgan fingerprint density at radius 3 is 2.62 bits per heavy atom. The number of amides is 1. The lowest BCUT2D eigenvalue weighted by molar-refractivity contribution is -0.124. The first kappa shape index (κ1) is 10.2. The van der Waals surface area contributed by atoms with E-state index in [4.69, 9.17) is 4.74 Å². The molecule has 0 radical (unpaired) electrons. The molecule has 0 aromatic carbocycles. The molecule has 1 amide bonds. The topological polar surface area (TPSA) is 46.6 Å². The molecule has 0 aromatic heterocycles. The molecule has 1 aliphatic heterocycles. The normalized spacial score (nSPS) is 22.5. The van der Waals surface area contributed by atoms with Crippen molar-refractivity contribution in [3.8, 4) is 0 Å². The maximum Gasteiger partial charge on any atom is 0.265 e. The first-order chi connectivity index (χ1) is 6.04. The lowest BCUT2D eigenvalue weighted by Crippen LogP contribution is -2.30.